The highest BCUT2D eigenvalue weighted by atomic mass is 35.5. The summed E-state index contributed by atoms with van der Waals surface area (Å²) >= 11 is 11.5. The van der Waals surface area contributed by atoms with Crippen LogP contribution in [0.4, 0.5) is 4.39 Å². The predicted molar refractivity (Wildman–Crippen MR) is 78.8 cm³/mol. The SMILES string of the molecule is CC(O)CC(C)(C)CNC(=O)c1cc(F)c(Cl)cc1Cl. The van der Waals surface area contributed by atoms with Crippen LogP contribution in [0.15, 0.2) is 12.1 Å². The van der Waals surface area contributed by atoms with E-state index in [1.54, 1.807) is 6.92 Å². The number of rotatable bonds is 5. The smallest absolute Gasteiger partial charge is 0.252 e. The third-order valence-corrected chi connectivity index (χ3v) is 3.43. The van der Waals surface area contributed by atoms with Crippen molar-refractivity contribution in [3.8, 4) is 0 Å². The van der Waals surface area contributed by atoms with Gasteiger partial charge in [-0.25, -0.2) is 4.39 Å². The van der Waals surface area contributed by atoms with Gasteiger partial charge in [0, 0.05) is 6.54 Å². The molecule has 1 aromatic carbocycles. The molecule has 0 saturated carbocycles. The minimum absolute atomic E-state index is 0.0430. The van der Waals surface area contributed by atoms with Gasteiger partial charge in [0.2, 0.25) is 0 Å². The molecule has 0 radical (unpaired) electrons. The summed E-state index contributed by atoms with van der Waals surface area (Å²) in [7, 11) is 0. The molecule has 2 N–H and O–H groups in total. The molecule has 20 heavy (non-hydrogen) atoms. The van der Waals surface area contributed by atoms with E-state index in [1.807, 2.05) is 13.8 Å². The first-order valence-electron chi connectivity index (χ1n) is 6.23. The maximum absolute atomic E-state index is 13.4. The average Bonchev–Trinajstić information content (AvgIpc) is 2.29. The van der Waals surface area contributed by atoms with Crippen LogP contribution in [-0.2, 0) is 0 Å². The molecule has 0 aromatic heterocycles. The van der Waals surface area contributed by atoms with Crippen molar-refractivity contribution in [1.29, 1.82) is 0 Å². The summed E-state index contributed by atoms with van der Waals surface area (Å²) in [5, 5.41) is 12.0. The Morgan fingerprint density at radius 3 is 2.55 bits per heavy atom. The van der Waals surface area contributed by atoms with Crippen molar-refractivity contribution >= 4 is 29.1 Å². The van der Waals surface area contributed by atoms with Gasteiger partial charge in [-0.3, -0.25) is 4.79 Å². The Labute approximate surface area is 128 Å². The molecule has 1 amide bonds. The lowest BCUT2D eigenvalue weighted by atomic mass is 9.87. The molecule has 0 aliphatic rings. The van der Waals surface area contributed by atoms with Crippen molar-refractivity contribution in [3.63, 3.8) is 0 Å². The predicted octanol–water partition coefficient (Wildman–Crippen LogP) is 3.66. The Kier molecular flexibility index (Phi) is 5.80. The van der Waals surface area contributed by atoms with E-state index in [2.05, 4.69) is 5.32 Å². The average molecular weight is 322 g/mol. The zero-order valence-electron chi connectivity index (χ0n) is 11.6. The Morgan fingerprint density at radius 1 is 1.40 bits per heavy atom. The topological polar surface area (TPSA) is 49.3 Å². The van der Waals surface area contributed by atoms with Gasteiger partial charge in [-0.1, -0.05) is 37.0 Å². The third kappa shape index (κ3) is 4.93. The van der Waals surface area contributed by atoms with Crippen LogP contribution < -0.4 is 5.32 Å². The van der Waals surface area contributed by atoms with Crippen molar-refractivity contribution in [3.05, 3.63) is 33.6 Å². The van der Waals surface area contributed by atoms with E-state index in [9.17, 15) is 14.3 Å². The van der Waals surface area contributed by atoms with Crippen molar-refractivity contribution in [2.75, 3.05) is 6.54 Å². The standard InChI is InChI=1S/C14H18Cl2FNO2/c1-8(19)6-14(2,3)7-18-13(20)9-4-12(17)11(16)5-10(9)15/h4-5,8,19H,6-7H2,1-3H3,(H,18,20). The molecule has 3 nitrogen and oxygen atoms in total. The van der Waals surface area contributed by atoms with Crippen LogP contribution in [0.5, 0.6) is 0 Å². The minimum Gasteiger partial charge on any atom is -0.393 e. The fourth-order valence-corrected chi connectivity index (χ4v) is 2.45. The van der Waals surface area contributed by atoms with Crippen LogP contribution in [0, 0.1) is 11.2 Å². The van der Waals surface area contributed by atoms with Crippen LogP contribution >= 0.6 is 23.2 Å². The fraction of sp³-hybridized carbons (Fsp3) is 0.500. The van der Waals surface area contributed by atoms with Crippen LogP contribution in [0.2, 0.25) is 10.0 Å². The number of amides is 1. The van der Waals surface area contributed by atoms with Gasteiger partial charge < -0.3 is 10.4 Å². The molecule has 0 fully saturated rings. The Morgan fingerprint density at radius 2 is 2.00 bits per heavy atom. The van der Waals surface area contributed by atoms with E-state index < -0.39 is 17.8 Å². The lowest BCUT2D eigenvalue weighted by Gasteiger charge is -2.26. The summed E-state index contributed by atoms with van der Waals surface area (Å²) in [5.41, 5.74) is -0.234. The molecule has 112 valence electrons. The molecule has 0 aliphatic carbocycles. The van der Waals surface area contributed by atoms with Crippen LogP contribution in [0.1, 0.15) is 37.6 Å². The molecule has 0 spiro atoms. The second kappa shape index (κ2) is 6.74. The Balaban J connectivity index is 2.75. The second-order valence-corrected chi connectivity index (χ2v) is 6.46. The van der Waals surface area contributed by atoms with E-state index in [1.165, 1.54) is 6.07 Å². The Bertz CT molecular complexity index is 504. The summed E-state index contributed by atoms with van der Waals surface area (Å²) in [4.78, 5) is 12.0. The number of hydrogen-bond acceptors (Lipinski definition) is 2. The highest BCUT2D eigenvalue weighted by Crippen LogP contribution is 2.25. The number of carbonyl (C=O) groups is 1. The lowest BCUT2D eigenvalue weighted by molar-refractivity contribution is 0.0901. The molecule has 1 rings (SSSR count). The van der Waals surface area contributed by atoms with Gasteiger partial charge in [0.05, 0.1) is 21.7 Å². The van der Waals surface area contributed by atoms with Crippen molar-refractivity contribution in [1.82, 2.24) is 5.32 Å². The minimum atomic E-state index is -0.690. The Hall–Kier alpha value is -0.840. The first kappa shape index (κ1) is 17.2. The van der Waals surface area contributed by atoms with Crippen LogP contribution in [0.3, 0.4) is 0 Å². The van der Waals surface area contributed by atoms with E-state index in [0.29, 0.717) is 13.0 Å². The maximum Gasteiger partial charge on any atom is 0.252 e. The van der Waals surface area contributed by atoms with E-state index in [0.717, 1.165) is 6.07 Å². The van der Waals surface area contributed by atoms with Gasteiger partial charge in [-0.2, -0.15) is 0 Å². The number of nitrogens with one attached hydrogen (secondary N) is 1. The first-order chi connectivity index (χ1) is 9.12. The number of hydrogen-bond donors (Lipinski definition) is 2. The van der Waals surface area contributed by atoms with E-state index in [-0.39, 0.29) is 21.0 Å². The van der Waals surface area contributed by atoms with Gasteiger partial charge in [0.1, 0.15) is 5.82 Å². The maximum atomic E-state index is 13.4. The normalized spacial score (nSPS) is 13.2. The number of aliphatic hydroxyl groups is 1. The van der Waals surface area contributed by atoms with Gasteiger partial charge >= 0.3 is 0 Å². The number of aliphatic hydroxyl groups excluding tert-OH is 1. The van der Waals surface area contributed by atoms with Gasteiger partial charge in [0.15, 0.2) is 0 Å². The highest BCUT2D eigenvalue weighted by Gasteiger charge is 2.22. The molecule has 1 aromatic rings. The highest BCUT2D eigenvalue weighted by molar-refractivity contribution is 6.36. The van der Waals surface area contributed by atoms with E-state index >= 15 is 0 Å². The largest absolute Gasteiger partial charge is 0.393 e. The molecule has 0 heterocycles. The molecule has 1 unspecified atom stereocenters. The molecule has 0 aliphatic heterocycles. The summed E-state index contributed by atoms with van der Waals surface area (Å²) in [6.45, 7) is 5.88. The molecule has 6 heteroatoms. The van der Waals surface area contributed by atoms with Crippen molar-refractivity contribution in [2.24, 2.45) is 5.41 Å². The van der Waals surface area contributed by atoms with Crippen LogP contribution in [0.25, 0.3) is 0 Å². The van der Waals surface area contributed by atoms with Gasteiger partial charge in [0.25, 0.3) is 5.91 Å². The molecule has 0 saturated heterocycles. The lowest BCUT2D eigenvalue weighted by Crippen LogP contribution is -2.35. The summed E-state index contributed by atoms with van der Waals surface area (Å²) in [6, 6.07) is 2.22. The monoisotopic (exact) mass is 321 g/mol. The number of halogens is 3. The molecule has 1 atom stereocenters. The fourth-order valence-electron chi connectivity index (χ4n) is 1.98. The first-order valence-corrected chi connectivity index (χ1v) is 6.99. The van der Waals surface area contributed by atoms with Crippen molar-refractivity contribution < 1.29 is 14.3 Å². The second-order valence-electron chi connectivity index (χ2n) is 5.65. The summed E-state index contributed by atoms with van der Waals surface area (Å²) in [6.07, 6.45) is 0.0779. The van der Waals surface area contributed by atoms with Gasteiger partial charge in [-0.05, 0) is 30.9 Å². The zero-order valence-corrected chi connectivity index (χ0v) is 13.1. The number of carbonyl (C=O) groups excluding carboxylic acids is 1. The summed E-state index contributed by atoms with van der Waals surface area (Å²) in [5.74, 6) is -1.16. The van der Waals surface area contributed by atoms with Gasteiger partial charge in [-0.15, -0.1) is 0 Å². The van der Waals surface area contributed by atoms with Crippen molar-refractivity contribution in [2.45, 2.75) is 33.3 Å². The quantitative estimate of drug-likeness (QED) is 0.813. The third-order valence-electron chi connectivity index (χ3n) is 2.83. The van der Waals surface area contributed by atoms with Crippen LogP contribution in [-0.4, -0.2) is 23.7 Å². The molecular formula is C14H18Cl2FNO2. The molecule has 0 bridgehead atoms. The summed E-state index contributed by atoms with van der Waals surface area (Å²) < 4.78 is 13.4. The molecular weight excluding hydrogens is 304 g/mol. The van der Waals surface area contributed by atoms with E-state index in [4.69, 9.17) is 23.2 Å². The zero-order chi connectivity index (χ0) is 15.5. The number of benzene rings is 1.